The van der Waals surface area contributed by atoms with Crippen LogP contribution in [0.5, 0.6) is 5.75 Å². The summed E-state index contributed by atoms with van der Waals surface area (Å²) in [5.74, 6) is 0.583. The number of benzene rings is 2. The maximum Gasteiger partial charge on any atom is 0.387 e. The third-order valence-corrected chi connectivity index (χ3v) is 7.65. The molecule has 192 valence electrons. The molecule has 1 saturated carbocycles. The number of rotatable bonds is 8. The van der Waals surface area contributed by atoms with E-state index in [0.29, 0.717) is 11.3 Å². The van der Waals surface area contributed by atoms with Gasteiger partial charge in [0.05, 0.1) is 18.3 Å². The summed E-state index contributed by atoms with van der Waals surface area (Å²) < 4.78 is 57.2. The number of hydrogen-bond acceptors (Lipinski definition) is 6. The Kier molecular flexibility index (Phi) is 6.29. The Bertz CT molecular complexity index is 1320. The highest BCUT2D eigenvalue weighted by atomic mass is 19.3. The van der Waals surface area contributed by atoms with Gasteiger partial charge in [0.25, 0.3) is 0 Å². The van der Waals surface area contributed by atoms with Crippen molar-refractivity contribution in [3.63, 3.8) is 0 Å². The van der Waals surface area contributed by atoms with Crippen LogP contribution in [0.2, 0.25) is 0 Å². The van der Waals surface area contributed by atoms with E-state index >= 15 is 0 Å². The van der Waals surface area contributed by atoms with Gasteiger partial charge < -0.3 is 18.9 Å². The third-order valence-electron chi connectivity index (χ3n) is 7.65. The zero-order valence-electron chi connectivity index (χ0n) is 20.1. The van der Waals surface area contributed by atoms with Crippen molar-refractivity contribution in [2.75, 3.05) is 4.90 Å². The maximum absolute atomic E-state index is 14.3. The van der Waals surface area contributed by atoms with Crippen molar-refractivity contribution in [3.8, 4) is 23.1 Å². The molecule has 0 N–H and O–H groups in total. The maximum atomic E-state index is 14.3. The molecule has 3 aliphatic rings. The van der Waals surface area contributed by atoms with Gasteiger partial charge in [-0.15, -0.1) is 0 Å². The highest BCUT2D eigenvalue weighted by Gasteiger charge is 2.42. The van der Waals surface area contributed by atoms with Gasteiger partial charge in [0.15, 0.2) is 0 Å². The van der Waals surface area contributed by atoms with Crippen molar-refractivity contribution in [2.45, 2.75) is 75.8 Å². The van der Waals surface area contributed by atoms with Gasteiger partial charge in [-0.3, -0.25) is 0 Å². The summed E-state index contributed by atoms with van der Waals surface area (Å²) in [5, 5.41) is 13.3. The van der Waals surface area contributed by atoms with Crippen LogP contribution in [0.25, 0.3) is 11.3 Å². The quantitative estimate of drug-likeness (QED) is 0.343. The average Bonchev–Trinajstić information content (AvgIpc) is 3.59. The molecule has 6 nitrogen and oxygen atoms in total. The summed E-state index contributed by atoms with van der Waals surface area (Å²) in [6.07, 6.45) is 5.58. The minimum atomic E-state index is -2.94. The molecule has 9 heteroatoms. The molecule has 0 radical (unpaired) electrons. The van der Waals surface area contributed by atoms with E-state index in [0.717, 1.165) is 55.5 Å². The summed E-state index contributed by atoms with van der Waals surface area (Å²) in [7, 11) is 0. The molecule has 3 heterocycles. The predicted octanol–water partition coefficient (Wildman–Crippen LogP) is 6.55. The lowest BCUT2D eigenvalue weighted by atomic mass is 9.98. The van der Waals surface area contributed by atoms with Crippen molar-refractivity contribution in [1.29, 1.82) is 5.26 Å². The van der Waals surface area contributed by atoms with Crippen LogP contribution in [0.4, 0.5) is 18.9 Å². The molecule has 0 spiro atoms. The highest BCUT2D eigenvalue weighted by Crippen LogP contribution is 2.46. The summed E-state index contributed by atoms with van der Waals surface area (Å²) in [5.41, 5.74) is 2.57. The number of para-hydroxylation sites is 1. The Balaban J connectivity index is 1.20. The van der Waals surface area contributed by atoms with E-state index in [4.69, 9.17) is 19.3 Å². The van der Waals surface area contributed by atoms with Crippen LogP contribution in [0.1, 0.15) is 61.3 Å². The van der Waals surface area contributed by atoms with Crippen LogP contribution < -0.4 is 9.64 Å². The average molecular weight is 510 g/mol. The Morgan fingerprint density at radius 1 is 1.08 bits per heavy atom. The molecule has 3 atom stereocenters. The van der Waals surface area contributed by atoms with E-state index in [-0.39, 0.29) is 42.0 Å². The van der Waals surface area contributed by atoms with Gasteiger partial charge in [-0.1, -0.05) is 17.3 Å². The molecule has 0 amide bonds. The number of anilines is 1. The number of alkyl halides is 2. The Hall–Kier alpha value is -3.51. The van der Waals surface area contributed by atoms with Crippen LogP contribution in [0, 0.1) is 17.1 Å². The number of hydrogen-bond donors (Lipinski definition) is 0. The molecular weight excluding hydrogens is 483 g/mol. The van der Waals surface area contributed by atoms with E-state index in [1.165, 1.54) is 18.2 Å². The largest absolute Gasteiger partial charge is 0.434 e. The molecule has 3 fully saturated rings. The van der Waals surface area contributed by atoms with Crippen molar-refractivity contribution in [2.24, 2.45) is 0 Å². The van der Waals surface area contributed by atoms with E-state index < -0.39 is 12.4 Å². The molecule has 2 aromatic carbocycles. The smallest absolute Gasteiger partial charge is 0.387 e. The number of nitriles is 1. The topological polar surface area (TPSA) is 71.5 Å². The molecule has 6 rings (SSSR count). The van der Waals surface area contributed by atoms with E-state index in [2.05, 4.69) is 10.1 Å². The summed E-state index contributed by atoms with van der Waals surface area (Å²) in [6, 6.07) is 13.7. The van der Waals surface area contributed by atoms with Crippen LogP contribution in [0.15, 0.2) is 47.0 Å². The number of piperidine rings is 1. The SMILES string of the molecule is N#Cc1ccc(N2[C@@H]3CC[C@H]2CC(OCc2c(-c4ccccc4OC(F)F)noc2C2CC2)C3)cc1F. The van der Waals surface area contributed by atoms with Gasteiger partial charge in [-0.25, -0.2) is 4.39 Å². The van der Waals surface area contributed by atoms with Crippen molar-refractivity contribution in [3.05, 3.63) is 65.2 Å². The lowest BCUT2D eigenvalue weighted by Gasteiger charge is -2.40. The normalized spacial score (nSPS) is 22.9. The van der Waals surface area contributed by atoms with Gasteiger partial charge in [0, 0.05) is 34.8 Å². The van der Waals surface area contributed by atoms with Gasteiger partial charge >= 0.3 is 6.61 Å². The second-order valence-corrected chi connectivity index (χ2v) is 10.00. The molecular formula is C28H26F3N3O3. The van der Waals surface area contributed by atoms with Gasteiger partial charge in [0.1, 0.15) is 29.1 Å². The predicted molar refractivity (Wildman–Crippen MR) is 129 cm³/mol. The fourth-order valence-electron chi connectivity index (χ4n) is 5.84. The lowest BCUT2D eigenvalue weighted by Crippen LogP contribution is -2.45. The molecule has 37 heavy (non-hydrogen) atoms. The molecule has 1 aromatic heterocycles. The van der Waals surface area contributed by atoms with Gasteiger partial charge in [0.2, 0.25) is 0 Å². The third kappa shape index (κ3) is 4.66. The summed E-state index contributed by atoms with van der Waals surface area (Å²) in [6.45, 7) is -2.68. The molecule has 3 aromatic rings. The van der Waals surface area contributed by atoms with Crippen molar-refractivity contribution in [1.82, 2.24) is 5.16 Å². The molecule has 2 bridgehead atoms. The lowest BCUT2D eigenvalue weighted by molar-refractivity contribution is -0.0494. The van der Waals surface area contributed by atoms with Crippen molar-refractivity contribution >= 4 is 5.69 Å². The second-order valence-electron chi connectivity index (χ2n) is 10.00. The Morgan fingerprint density at radius 3 is 2.51 bits per heavy atom. The second kappa shape index (κ2) is 9.75. The van der Waals surface area contributed by atoms with Crippen LogP contribution in [-0.2, 0) is 11.3 Å². The summed E-state index contributed by atoms with van der Waals surface area (Å²) >= 11 is 0. The first-order valence-corrected chi connectivity index (χ1v) is 12.6. The zero-order valence-corrected chi connectivity index (χ0v) is 20.1. The Morgan fingerprint density at radius 2 is 1.84 bits per heavy atom. The zero-order chi connectivity index (χ0) is 25.5. The molecule has 1 aliphatic carbocycles. The molecule has 2 saturated heterocycles. The Labute approximate surface area is 212 Å². The molecule has 2 aliphatic heterocycles. The fourth-order valence-corrected chi connectivity index (χ4v) is 5.84. The number of ether oxygens (including phenoxy) is 2. The van der Waals surface area contributed by atoms with Gasteiger partial charge in [-0.2, -0.15) is 14.0 Å². The highest BCUT2D eigenvalue weighted by molar-refractivity contribution is 5.70. The number of halogens is 3. The monoisotopic (exact) mass is 509 g/mol. The minimum absolute atomic E-state index is 0.000612. The fraction of sp³-hybridized carbons (Fsp3) is 0.429. The van der Waals surface area contributed by atoms with E-state index in [1.54, 1.807) is 18.2 Å². The first kappa shape index (κ1) is 23.9. The standard InChI is InChI=1S/C28H26F3N3O3/c29-24-13-20(8-7-17(24)14-32)34-18-9-10-19(34)12-21(11-18)35-15-23-26(33-37-27(23)16-5-6-16)22-3-1-2-4-25(22)36-28(30)31/h1-4,7-8,13,16,18-19,21,28H,5-6,9-12,15H2/t18-,19+,21?. The first-order valence-electron chi connectivity index (χ1n) is 12.6. The first-order chi connectivity index (χ1) is 18.0. The van der Waals surface area contributed by atoms with Crippen LogP contribution >= 0.6 is 0 Å². The van der Waals surface area contributed by atoms with Crippen LogP contribution in [0.3, 0.4) is 0 Å². The number of aromatic nitrogens is 1. The minimum Gasteiger partial charge on any atom is -0.434 e. The van der Waals surface area contributed by atoms with Crippen LogP contribution in [-0.4, -0.2) is 30.0 Å². The number of nitrogens with zero attached hydrogens (tertiary/aromatic N) is 3. The number of fused-ring (bicyclic) bond motifs is 2. The van der Waals surface area contributed by atoms with Crippen molar-refractivity contribution < 1.29 is 27.2 Å². The molecule has 1 unspecified atom stereocenters. The van der Waals surface area contributed by atoms with Gasteiger partial charge in [-0.05, 0) is 68.9 Å². The van der Waals surface area contributed by atoms with E-state index in [1.807, 2.05) is 12.1 Å². The summed E-state index contributed by atoms with van der Waals surface area (Å²) in [4.78, 5) is 2.27. The van der Waals surface area contributed by atoms with E-state index in [9.17, 15) is 13.2 Å².